The fourth-order valence-electron chi connectivity index (χ4n) is 2.34. The van der Waals surface area contributed by atoms with E-state index in [1.165, 1.54) is 7.11 Å². The predicted molar refractivity (Wildman–Crippen MR) is 90.4 cm³/mol. The number of methoxy groups -OCH3 is 1. The van der Waals surface area contributed by atoms with Gasteiger partial charge in [-0.2, -0.15) is 0 Å². The van der Waals surface area contributed by atoms with Crippen LogP contribution in [0, 0.1) is 5.92 Å². The number of benzene rings is 1. The molecule has 2 rings (SSSR count). The van der Waals surface area contributed by atoms with Crippen LogP contribution in [0.4, 0.5) is 5.69 Å². The quantitative estimate of drug-likeness (QED) is 0.802. The first-order chi connectivity index (χ1) is 10.5. The fourth-order valence-corrected chi connectivity index (χ4v) is 2.34. The van der Waals surface area contributed by atoms with Crippen LogP contribution < -0.4 is 15.4 Å². The molecule has 1 fully saturated rings. The lowest BCUT2D eigenvalue weighted by atomic mass is 10.1. The third kappa shape index (κ3) is 5.11. The average molecular weight is 343 g/mol. The fraction of sp³-hybridized carbons (Fsp3) is 0.500. The summed E-state index contributed by atoms with van der Waals surface area (Å²) in [6, 6.07) is 4.88. The number of ether oxygens (including phenoxy) is 2. The number of hydrogen-bond acceptors (Lipinski definition) is 5. The monoisotopic (exact) mass is 342 g/mol. The number of rotatable bonds is 5. The van der Waals surface area contributed by atoms with Crippen molar-refractivity contribution in [2.45, 2.75) is 26.4 Å². The van der Waals surface area contributed by atoms with Gasteiger partial charge in [0.1, 0.15) is 5.75 Å². The van der Waals surface area contributed by atoms with E-state index in [9.17, 15) is 9.59 Å². The Labute approximate surface area is 142 Å². The van der Waals surface area contributed by atoms with Gasteiger partial charge >= 0.3 is 5.97 Å². The number of halogens is 1. The van der Waals surface area contributed by atoms with Crippen LogP contribution in [0.1, 0.15) is 30.6 Å². The molecule has 23 heavy (non-hydrogen) atoms. The molecule has 1 heterocycles. The summed E-state index contributed by atoms with van der Waals surface area (Å²) < 4.78 is 10.4. The third-order valence-corrected chi connectivity index (χ3v) is 3.45. The Hall–Kier alpha value is -1.79. The summed E-state index contributed by atoms with van der Waals surface area (Å²) in [5, 5.41) is 6.02. The van der Waals surface area contributed by atoms with Crippen molar-refractivity contribution in [2.75, 3.05) is 25.5 Å². The molecule has 0 bridgehead atoms. The van der Waals surface area contributed by atoms with Crippen molar-refractivity contribution >= 4 is 30.0 Å². The van der Waals surface area contributed by atoms with Gasteiger partial charge in [0, 0.05) is 6.54 Å². The summed E-state index contributed by atoms with van der Waals surface area (Å²) in [5.41, 5.74) is 0.868. The molecular formula is C16H23ClN2O4. The lowest BCUT2D eigenvalue weighted by Crippen LogP contribution is -2.25. The molecule has 0 spiro atoms. The Balaban J connectivity index is 0.00000264. The Kier molecular flexibility index (Phi) is 7.32. The van der Waals surface area contributed by atoms with Gasteiger partial charge < -0.3 is 20.1 Å². The highest BCUT2D eigenvalue weighted by Gasteiger charge is 2.24. The zero-order valence-corrected chi connectivity index (χ0v) is 14.4. The summed E-state index contributed by atoms with van der Waals surface area (Å²) in [5.74, 6) is -0.0367. The summed E-state index contributed by atoms with van der Waals surface area (Å²) in [4.78, 5) is 23.9. The van der Waals surface area contributed by atoms with Crippen molar-refractivity contribution in [2.24, 2.45) is 5.92 Å². The normalized spacial score (nSPS) is 16.6. The highest BCUT2D eigenvalue weighted by Crippen LogP contribution is 2.28. The van der Waals surface area contributed by atoms with Crippen molar-refractivity contribution in [1.29, 1.82) is 0 Å². The lowest BCUT2D eigenvalue weighted by Gasteiger charge is -2.17. The van der Waals surface area contributed by atoms with Gasteiger partial charge in [0.05, 0.1) is 30.4 Å². The van der Waals surface area contributed by atoms with Crippen LogP contribution in [0.5, 0.6) is 5.75 Å². The molecule has 1 aliphatic heterocycles. The van der Waals surface area contributed by atoms with Gasteiger partial charge in [-0.3, -0.25) is 4.79 Å². The van der Waals surface area contributed by atoms with Crippen molar-refractivity contribution < 1.29 is 19.1 Å². The van der Waals surface area contributed by atoms with E-state index in [-0.39, 0.29) is 30.3 Å². The minimum absolute atomic E-state index is 0. The van der Waals surface area contributed by atoms with E-state index in [0.717, 1.165) is 13.0 Å². The van der Waals surface area contributed by atoms with Gasteiger partial charge in [-0.15, -0.1) is 12.4 Å². The van der Waals surface area contributed by atoms with Crippen LogP contribution in [-0.2, 0) is 9.53 Å². The number of esters is 1. The minimum Gasteiger partial charge on any atom is -0.489 e. The number of hydrogen-bond donors (Lipinski definition) is 2. The van der Waals surface area contributed by atoms with Crippen LogP contribution in [-0.4, -0.2) is 38.2 Å². The molecule has 1 unspecified atom stereocenters. The first-order valence-electron chi connectivity index (χ1n) is 7.42. The van der Waals surface area contributed by atoms with E-state index < -0.39 is 5.97 Å². The number of carbonyl (C=O) groups excluding carboxylic acids is 2. The van der Waals surface area contributed by atoms with Gasteiger partial charge in [0.15, 0.2) is 0 Å². The second kappa shape index (κ2) is 8.74. The maximum absolute atomic E-state index is 12.3. The van der Waals surface area contributed by atoms with Crippen LogP contribution >= 0.6 is 12.4 Å². The van der Waals surface area contributed by atoms with Gasteiger partial charge in [0.2, 0.25) is 5.91 Å². The second-order valence-electron chi connectivity index (χ2n) is 5.55. The van der Waals surface area contributed by atoms with Crippen LogP contribution in [0.2, 0.25) is 0 Å². The van der Waals surface area contributed by atoms with Crippen molar-refractivity contribution in [3.05, 3.63) is 23.8 Å². The molecule has 1 amide bonds. The number of amides is 1. The maximum Gasteiger partial charge on any atom is 0.337 e. The zero-order valence-electron chi connectivity index (χ0n) is 13.5. The van der Waals surface area contributed by atoms with Crippen LogP contribution in [0.3, 0.4) is 0 Å². The molecule has 0 radical (unpaired) electrons. The zero-order chi connectivity index (χ0) is 16.1. The maximum atomic E-state index is 12.3. The van der Waals surface area contributed by atoms with Crippen molar-refractivity contribution in [3.63, 3.8) is 0 Å². The molecule has 1 atom stereocenters. The second-order valence-corrected chi connectivity index (χ2v) is 5.55. The molecule has 6 nitrogen and oxygen atoms in total. The molecule has 1 aliphatic rings. The molecule has 0 aromatic heterocycles. The number of carbonyl (C=O) groups is 2. The van der Waals surface area contributed by atoms with Gasteiger partial charge in [-0.1, -0.05) is 0 Å². The summed E-state index contributed by atoms with van der Waals surface area (Å²) in [7, 11) is 1.32. The molecule has 7 heteroatoms. The van der Waals surface area contributed by atoms with E-state index in [2.05, 4.69) is 10.6 Å². The average Bonchev–Trinajstić information content (AvgIpc) is 3.02. The van der Waals surface area contributed by atoms with E-state index in [1.54, 1.807) is 18.2 Å². The highest BCUT2D eigenvalue weighted by molar-refractivity contribution is 5.97. The standard InChI is InChI=1S/C16H22N2O4.ClH/c1-10(2)22-14-5-4-11(16(20)21-3)8-13(14)18-15(19)12-6-7-17-9-12;/h4-5,8,10,12,17H,6-7,9H2,1-3H3,(H,18,19);1H. The molecule has 0 saturated carbocycles. The largest absolute Gasteiger partial charge is 0.489 e. The first kappa shape index (κ1) is 19.3. The Morgan fingerprint density at radius 2 is 2.09 bits per heavy atom. The third-order valence-electron chi connectivity index (χ3n) is 3.45. The predicted octanol–water partition coefficient (Wildman–Crippen LogP) is 2.23. The highest BCUT2D eigenvalue weighted by atomic mass is 35.5. The number of anilines is 1. The Bertz CT molecular complexity index is 557. The molecular weight excluding hydrogens is 320 g/mol. The number of nitrogens with one attached hydrogen (secondary N) is 2. The van der Waals surface area contributed by atoms with E-state index in [4.69, 9.17) is 9.47 Å². The molecule has 1 aromatic carbocycles. The molecule has 128 valence electrons. The van der Waals surface area contributed by atoms with Crippen LogP contribution in [0.25, 0.3) is 0 Å². The van der Waals surface area contributed by atoms with Gasteiger partial charge in [0.25, 0.3) is 0 Å². The molecule has 0 aliphatic carbocycles. The summed E-state index contributed by atoms with van der Waals surface area (Å²) in [6.07, 6.45) is 0.774. The summed E-state index contributed by atoms with van der Waals surface area (Å²) >= 11 is 0. The molecule has 2 N–H and O–H groups in total. The molecule has 1 saturated heterocycles. The Morgan fingerprint density at radius 3 is 2.65 bits per heavy atom. The van der Waals surface area contributed by atoms with Crippen LogP contribution in [0.15, 0.2) is 18.2 Å². The van der Waals surface area contributed by atoms with Crippen molar-refractivity contribution in [3.8, 4) is 5.75 Å². The van der Waals surface area contributed by atoms with E-state index in [0.29, 0.717) is 23.5 Å². The molecule has 1 aromatic rings. The summed E-state index contributed by atoms with van der Waals surface area (Å²) in [6.45, 7) is 5.32. The van der Waals surface area contributed by atoms with Crippen molar-refractivity contribution in [1.82, 2.24) is 5.32 Å². The van der Waals surface area contributed by atoms with E-state index >= 15 is 0 Å². The smallest absolute Gasteiger partial charge is 0.337 e. The van der Waals surface area contributed by atoms with E-state index in [1.807, 2.05) is 13.8 Å². The minimum atomic E-state index is -0.450. The van der Waals surface area contributed by atoms with Gasteiger partial charge in [-0.05, 0) is 45.0 Å². The topological polar surface area (TPSA) is 76.7 Å². The van der Waals surface area contributed by atoms with Gasteiger partial charge in [-0.25, -0.2) is 4.79 Å². The lowest BCUT2D eigenvalue weighted by molar-refractivity contribution is -0.119. The first-order valence-corrected chi connectivity index (χ1v) is 7.42. The Morgan fingerprint density at radius 1 is 1.35 bits per heavy atom. The SMILES string of the molecule is COC(=O)c1ccc(OC(C)C)c(NC(=O)C2CCNC2)c1.Cl.